The highest BCUT2D eigenvalue weighted by Gasteiger charge is 2.07. The zero-order chi connectivity index (χ0) is 5.21. The summed E-state index contributed by atoms with van der Waals surface area (Å²) < 4.78 is 9.99. The first kappa shape index (κ1) is 6.77. The Labute approximate surface area is 45.6 Å². The van der Waals surface area contributed by atoms with Gasteiger partial charge in [0.1, 0.15) is 0 Å². The molecule has 0 amide bonds. The van der Waals surface area contributed by atoms with Gasteiger partial charge in [-0.1, -0.05) is 0 Å². The quantitative estimate of drug-likeness (QED) is 0.573. The Balaban J connectivity index is 3.48. The number of nitrogens with two attached hydrogens (primary N) is 1. The van der Waals surface area contributed by atoms with Gasteiger partial charge in [0.25, 0.3) is 5.85 Å². The maximum absolute atomic E-state index is 9.99. The topological polar surface area (TPSA) is 43.1 Å². The third-order valence-corrected chi connectivity index (χ3v) is 1.47. The van der Waals surface area contributed by atoms with Gasteiger partial charge in [0.2, 0.25) is 0 Å². The fraction of sp³-hybridized carbons (Fsp3) is 1.00. The predicted octanol–water partition coefficient (Wildman–Crippen LogP) is 1.57. The first-order valence-corrected chi connectivity index (χ1v) is 4.95. The smallest absolute Gasteiger partial charge is 0.266 e. The summed E-state index contributed by atoms with van der Waals surface area (Å²) in [6.45, 7) is 0. The van der Waals surface area contributed by atoms with Crippen LogP contribution in [0.4, 0.5) is 0 Å². The van der Waals surface area contributed by atoms with E-state index in [0.29, 0.717) is 0 Å². The maximum Gasteiger partial charge on any atom is 0.266 e. The molecule has 0 aliphatic rings. The van der Waals surface area contributed by atoms with Crippen LogP contribution in [0.3, 0.4) is 0 Å². The monoisotopic (exact) mass is 147 g/mol. The Hall–Kier alpha value is 0.770. The first-order chi connectivity index (χ1) is 2.56. The van der Waals surface area contributed by atoms with Crippen molar-refractivity contribution >= 4 is 28.3 Å². The molecule has 0 radical (unpaired) electrons. The average Bonchev–Trinajstić information content (AvgIpc) is 1.35. The molecule has 2 nitrogen and oxygen atoms in total. The van der Waals surface area contributed by atoms with E-state index in [0.717, 1.165) is 0 Å². The van der Waals surface area contributed by atoms with Gasteiger partial charge in [0.05, 0.1) is 6.29 Å². The largest absolute Gasteiger partial charge is 0.322 e. The highest BCUT2D eigenvalue weighted by molar-refractivity contribution is 8.08. The second-order valence-corrected chi connectivity index (χ2v) is 6.05. The lowest BCUT2D eigenvalue weighted by Gasteiger charge is -1.88. The van der Waals surface area contributed by atoms with E-state index in [1.54, 1.807) is 0 Å². The van der Waals surface area contributed by atoms with Crippen LogP contribution in [0.2, 0.25) is 0 Å². The fourth-order valence-electron chi connectivity index (χ4n) is 0. The van der Waals surface area contributed by atoms with E-state index in [4.69, 9.17) is 28.2 Å². The molecule has 6 heavy (non-hydrogen) atoms. The minimum Gasteiger partial charge on any atom is -0.322 e. The normalized spacial score (nSPS) is 11.8. The molecule has 0 aliphatic carbocycles. The van der Waals surface area contributed by atoms with Crippen LogP contribution in [0.1, 0.15) is 0 Å². The molecule has 38 valence electrons. The molecule has 0 unspecified atom stereocenters. The number of hydrogen-bond acceptors (Lipinski definition) is 2. The Morgan fingerprint density at radius 3 is 1.83 bits per heavy atom. The Morgan fingerprint density at radius 2 is 1.83 bits per heavy atom. The second-order valence-electron chi connectivity index (χ2n) is 0.753. The van der Waals surface area contributed by atoms with Crippen LogP contribution < -0.4 is 5.73 Å². The standard InChI is InChI=1S/CH4Cl2NOP/c2-6(3,5)1-4/h1,4H2. The molecule has 0 saturated heterocycles. The molecule has 0 bridgehead atoms. The molecule has 0 rings (SSSR count). The number of hydrogen-bond donors (Lipinski definition) is 1. The van der Waals surface area contributed by atoms with E-state index in [1.807, 2.05) is 0 Å². The average molecular weight is 148 g/mol. The van der Waals surface area contributed by atoms with Gasteiger partial charge in [0, 0.05) is 0 Å². The Bertz CT molecular complexity index is 77.6. The molecule has 0 heterocycles. The third kappa shape index (κ3) is 4.77. The molecule has 0 aromatic heterocycles. The van der Waals surface area contributed by atoms with Crippen molar-refractivity contribution in [1.82, 2.24) is 0 Å². The van der Waals surface area contributed by atoms with Crippen LogP contribution in [-0.2, 0) is 4.57 Å². The highest BCUT2D eigenvalue weighted by Crippen LogP contribution is 2.54. The fourth-order valence-corrected chi connectivity index (χ4v) is 0. The van der Waals surface area contributed by atoms with Crippen LogP contribution in [-0.4, -0.2) is 6.29 Å². The van der Waals surface area contributed by atoms with E-state index in [-0.39, 0.29) is 6.29 Å². The lowest BCUT2D eigenvalue weighted by atomic mass is 11.6. The molecule has 0 aromatic carbocycles. The van der Waals surface area contributed by atoms with Gasteiger partial charge in [-0.3, -0.25) is 4.57 Å². The van der Waals surface area contributed by atoms with E-state index in [2.05, 4.69) is 0 Å². The van der Waals surface area contributed by atoms with Gasteiger partial charge < -0.3 is 5.73 Å². The molecule has 0 spiro atoms. The van der Waals surface area contributed by atoms with E-state index >= 15 is 0 Å². The molecule has 0 aliphatic heterocycles. The van der Waals surface area contributed by atoms with Crippen molar-refractivity contribution < 1.29 is 4.57 Å². The molecule has 0 aromatic rings. The minimum absolute atomic E-state index is 0.143. The van der Waals surface area contributed by atoms with Crippen molar-refractivity contribution in [2.45, 2.75) is 0 Å². The maximum atomic E-state index is 9.99. The number of rotatable bonds is 1. The van der Waals surface area contributed by atoms with Gasteiger partial charge >= 0.3 is 0 Å². The van der Waals surface area contributed by atoms with Crippen molar-refractivity contribution in [2.75, 3.05) is 6.29 Å². The van der Waals surface area contributed by atoms with Crippen molar-refractivity contribution in [3.63, 3.8) is 0 Å². The summed E-state index contributed by atoms with van der Waals surface area (Å²) in [7, 11) is 0. The lowest BCUT2D eigenvalue weighted by molar-refractivity contribution is 0.592. The zero-order valence-corrected chi connectivity index (χ0v) is 5.30. The zero-order valence-electron chi connectivity index (χ0n) is 2.90. The van der Waals surface area contributed by atoms with Gasteiger partial charge in [-0.2, -0.15) is 0 Å². The summed E-state index contributed by atoms with van der Waals surface area (Å²) in [5, 5.41) is 0. The van der Waals surface area contributed by atoms with Crippen LogP contribution in [0, 0.1) is 0 Å². The molecular formula is CH4Cl2NOP. The summed E-state index contributed by atoms with van der Waals surface area (Å²) in [5.41, 5.74) is 4.78. The summed E-state index contributed by atoms with van der Waals surface area (Å²) in [5.74, 6) is -2.92. The second kappa shape index (κ2) is 2.17. The summed E-state index contributed by atoms with van der Waals surface area (Å²) in [4.78, 5) is 0. The van der Waals surface area contributed by atoms with E-state index in [9.17, 15) is 4.57 Å². The van der Waals surface area contributed by atoms with Crippen molar-refractivity contribution in [1.29, 1.82) is 0 Å². The van der Waals surface area contributed by atoms with E-state index < -0.39 is 5.85 Å². The van der Waals surface area contributed by atoms with Crippen LogP contribution in [0.15, 0.2) is 0 Å². The van der Waals surface area contributed by atoms with Crippen LogP contribution >= 0.6 is 28.3 Å². The SMILES string of the molecule is NCP(=O)(Cl)Cl. The van der Waals surface area contributed by atoms with Crippen LogP contribution in [0.25, 0.3) is 0 Å². The van der Waals surface area contributed by atoms with Gasteiger partial charge in [-0.25, -0.2) is 0 Å². The predicted molar refractivity (Wildman–Crippen MR) is 28.4 cm³/mol. The van der Waals surface area contributed by atoms with Crippen LogP contribution in [0.5, 0.6) is 0 Å². The molecule has 0 atom stereocenters. The van der Waals surface area contributed by atoms with Gasteiger partial charge in [-0.05, 0) is 22.5 Å². The summed E-state index contributed by atoms with van der Waals surface area (Å²) in [6.07, 6.45) is -0.143. The molecule has 5 heteroatoms. The van der Waals surface area contributed by atoms with Crippen molar-refractivity contribution in [3.05, 3.63) is 0 Å². The van der Waals surface area contributed by atoms with Crippen molar-refractivity contribution in [3.8, 4) is 0 Å². The summed E-state index contributed by atoms with van der Waals surface area (Å²) in [6, 6.07) is 0. The third-order valence-electron chi connectivity index (χ3n) is 0.213. The first-order valence-electron chi connectivity index (χ1n) is 1.25. The van der Waals surface area contributed by atoms with Gasteiger partial charge in [-0.15, -0.1) is 0 Å². The molecular weight excluding hydrogens is 144 g/mol. The van der Waals surface area contributed by atoms with Crippen molar-refractivity contribution in [2.24, 2.45) is 5.73 Å². The number of halogens is 2. The Morgan fingerprint density at radius 1 is 1.67 bits per heavy atom. The molecule has 0 fully saturated rings. The Kier molecular flexibility index (Phi) is 2.45. The molecule has 2 N–H and O–H groups in total. The molecule has 0 saturated carbocycles. The van der Waals surface area contributed by atoms with Gasteiger partial charge in [0.15, 0.2) is 0 Å². The summed E-state index contributed by atoms with van der Waals surface area (Å²) >= 11 is 9.83. The minimum atomic E-state index is -2.92. The highest BCUT2D eigenvalue weighted by atomic mass is 35.9. The van der Waals surface area contributed by atoms with E-state index in [1.165, 1.54) is 0 Å². The lowest BCUT2D eigenvalue weighted by Crippen LogP contribution is -1.91.